The van der Waals surface area contributed by atoms with E-state index in [2.05, 4.69) is 10.6 Å². The third-order valence-electron chi connectivity index (χ3n) is 4.77. The largest absolute Gasteiger partial charge is 0.364 e. The molecule has 0 fully saturated rings. The molecule has 5 heteroatoms. The number of fused-ring (bicyclic) bond motifs is 1. The van der Waals surface area contributed by atoms with Crippen LogP contribution in [0.3, 0.4) is 0 Å². The zero-order valence-electron chi connectivity index (χ0n) is 14.6. The fourth-order valence-electron chi connectivity index (χ4n) is 3.03. The second kappa shape index (κ2) is 6.69. The number of amides is 2. The van der Waals surface area contributed by atoms with E-state index in [1.807, 2.05) is 55.5 Å². The molecule has 1 aliphatic rings. The molecule has 0 aromatic heterocycles. The van der Waals surface area contributed by atoms with Crippen LogP contribution >= 0.6 is 0 Å². The molecule has 0 radical (unpaired) electrons. The maximum Gasteiger partial charge on any atom is 0.257 e. The molecular weight excluding hydrogens is 316 g/mol. The third-order valence-corrected chi connectivity index (χ3v) is 4.77. The van der Waals surface area contributed by atoms with Gasteiger partial charge in [-0.25, -0.2) is 0 Å². The molecule has 2 amide bonds. The average molecular weight is 338 g/mol. The average Bonchev–Trinajstić information content (AvgIpc) is 3.00. The van der Waals surface area contributed by atoms with Crippen LogP contribution in [0.15, 0.2) is 48.5 Å². The summed E-state index contributed by atoms with van der Waals surface area (Å²) in [6.07, 6.45) is 0.379. The minimum Gasteiger partial charge on any atom is -0.364 e. The molecule has 3 rings (SSSR count). The van der Waals surface area contributed by atoms with Gasteiger partial charge in [0, 0.05) is 12.8 Å². The summed E-state index contributed by atoms with van der Waals surface area (Å²) in [4.78, 5) is 24.4. The summed E-state index contributed by atoms with van der Waals surface area (Å²) in [6.45, 7) is 3.68. The Kier molecular flexibility index (Phi) is 4.59. The van der Waals surface area contributed by atoms with Gasteiger partial charge in [-0.1, -0.05) is 42.5 Å². The molecule has 0 spiro atoms. The van der Waals surface area contributed by atoms with E-state index in [0.29, 0.717) is 6.42 Å². The highest BCUT2D eigenvalue weighted by Gasteiger charge is 2.36. The highest BCUT2D eigenvalue weighted by Crippen LogP contribution is 2.29. The first-order chi connectivity index (χ1) is 11.9. The lowest BCUT2D eigenvalue weighted by atomic mass is 9.94. The number of benzene rings is 2. The number of carbonyl (C=O) groups excluding carboxylic acids is 2. The van der Waals surface area contributed by atoms with Crippen molar-refractivity contribution in [1.29, 1.82) is 0 Å². The van der Waals surface area contributed by atoms with E-state index >= 15 is 0 Å². The van der Waals surface area contributed by atoms with E-state index in [4.69, 9.17) is 4.74 Å². The number of carbonyl (C=O) groups is 2. The van der Waals surface area contributed by atoms with Crippen molar-refractivity contribution in [2.75, 3.05) is 12.4 Å². The van der Waals surface area contributed by atoms with Crippen molar-refractivity contribution in [2.24, 2.45) is 0 Å². The summed E-state index contributed by atoms with van der Waals surface area (Å²) in [6, 6.07) is 15.0. The molecule has 0 saturated heterocycles. The Labute approximate surface area is 147 Å². The smallest absolute Gasteiger partial charge is 0.257 e. The fraction of sp³-hybridized carbons (Fsp3) is 0.300. The normalized spacial score (nSPS) is 16.5. The summed E-state index contributed by atoms with van der Waals surface area (Å²) in [5.41, 5.74) is 2.49. The van der Waals surface area contributed by atoms with Gasteiger partial charge in [-0.05, 0) is 36.6 Å². The molecule has 25 heavy (non-hydrogen) atoms. The fourth-order valence-corrected chi connectivity index (χ4v) is 3.03. The zero-order chi connectivity index (χ0) is 18.0. The molecule has 2 atom stereocenters. The Morgan fingerprint density at radius 2 is 1.96 bits per heavy atom. The van der Waals surface area contributed by atoms with Crippen molar-refractivity contribution >= 4 is 17.5 Å². The molecular formula is C20H22N2O3. The van der Waals surface area contributed by atoms with Gasteiger partial charge < -0.3 is 15.4 Å². The maximum absolute atomic E-state index is 12.9. The molecule has 1 aliphatic heterocycles. The van der Waals surface area contributed by atoms with Crippen LogP contribution in [0.4, 0.5) is 5.69 Å². The lowest BCUT2D eigenvalue weighted by molar-refractivity contribution is -0.143. The Morgan fingerprint density at radius 1 is 1.24 bits per heavy atom. The van der Waals surface area contributed by atoms with Gasteiger partial charge in [0.15, 0.2) is 5.60 Å². The van der Waals surface area contributed by atoms with Gasteiger partial charge in [0.1, 0.15) is 0 Å². The van der Waals surface area contributed by atoms with Crippen LogP contribution in [-0.4, -0.2) is 18.9 Å². The second-order valence-corrected chi connectivity index (χ2v) is 6.44. The summed E-state index contributed by atoms with van der Waals surface area (Å²) < 4.78 is 5.54. The number of hydrogen-bond acceptors (Lipinski definition) is 3. The van der Waals surface area contributed by atoms with Gasteiger partial charge in [-0.15, -0.1) is 0 Å². The highest BCUT2D eigenvalue weighted by molar-refractivity contribution is 5.99. The van der Waals surface area contributed by atoms with Crippen molar-refractivity contribution in [3.05, 3.63) is 65.2 Å². The van der Waals surface area contributed by atoms with Crippen molar-refractivity contribution in [2.45, 2.75) is 31.9 Å². The molecule has 0 aliphatic carbocycles. The minimum atomic E-state index is -1.07. The van der Waals surface area contributed by atoms with Gasteiger partial charge in [0.25, 0.3) is 5.91 Å². The molecule has 0 unspecified atom stereocenters. The summed E-state index contributed by atoms with van der Waals surface area (Å²) in [7, 11) is 1.53. The minimum absolute atomic E-state index is 0.000116. The van der Waals surface area contributed by atoms with Crippen LogP contribution < -0.4 is 10.6 Å². The number of anilines is 1. The van der Waals surface area contributed by atoms with Crippen LogP contribution in [0.5, 0.6) is 0 Å². The SMILES string of the molecule is CO[C@](C)(C(=O)N[C@@H](C)c1ccc2c(c1)CC(=O)N2)c1ccccc1. The maximum atomic E-state index is 12.9. The van der Waals surface area contributed by atoms with E-state index < -0.39 is 5.60 Å². The Bertz CT molecular complexity index is 804. The van der Waals surface area contributed by atoms with Crippen LogP contribution in [0.2, 0.25) is 0 Å². The van der Waals surface area contributed by atoms with Crippen LogP contribution in [0.1, 0.15) is 36.6 Å². The molecule has 0 saturated carbocycles. The molecule has 0 bridgehead atoms. The Hall–Kier alpha value is -2.66. The second-order valence-electron chi connectivity index (χ2n) is 6.44. The lowest BCUT2D eigenvalue weighted by Crippen LogP contribution is -2.44. The number of methoxy groups -OCH3 is 1. The van der Waals surface area contributed by atoms with E-state index in [1.54, 1.807) is 6.92 Å². The van der Waals surface area contributed by atoms with Gasteiger partial charge in [-0.2, -0.15) is 0 Å². The molecule has 5 nitrogen and oxygen atoms in total. The highest BCUT2D eigenvalue weighted by atomic mass is 16.5. The Balaban J connectivity index is 1.78. The molecule has 1 heterocycles. The van der Waals surface area contributed by atoms with Crippen molar-refractivity contribution < 1.29 is 14.3 Å². The molecule has 130 valence electrons. The first-order valence-electron chi connectivity index (χ1n) is 8.28. The first kappa shape index (κ1) is 17.2. The third kappa shape index (κ3) is 3.28. The molecule has 2 aromatic carbocycles. The van der Waals surface area contributed by atoms with Crippen molar-refractivity contribution in [1.82, 2.24) is 5.32 Å². The lowest BCUT2D eigenvalue weighted by Gasteiger charge is -2.29. The number of rotatable bonds is 5. The number of ether oxygens (including phenoxy) is 1. The van der Waals surface area contributed by atoms with Gasteiger partial charge in [0.2, 0.25) is 5.91 Å². The first-order valence-corrected chi connectivity index (χ1v) is 8.28. The van der Waals surface area contributed by atoms with Crippen molar-refractivity contribution in [3.8, 4) is 0 Å². The topological polar surface area (TPSA) is 67.4 Å². The van der Waals surface area contributed by atoms with Crippen LogP contribution in [0, 0.1) is 0 Å². The summed E-state index contributed by atoms with van der Waals surface area (Å²) >= 11 is 0. The van der Waals surface area contributed by atoms with Gasteiger partial charge >= 0.3 is 0 Å². The van der Waals surface area contributed by atoms with Crippen molar-refractivity contribution in [3.63, 3.8) is 0 Å². The van der Waals surface area contributed by atoms with E-state index in [1.165, 1.54) is 7.11 Å². The van der Waals surface area contributed by atoms with Crippen LogP contribution in [-0.2, 0) is 26.3 Å². The van der Waals surface area contributed by atoms with E-state index in [9.17, 15) is 9.59 Å². The predicted octanol–water partition coefficient (Wildman–Crippen LogP) is 2.92. The number of nitrogens with one attached hydrogen (secondary N) is 2. The summed E-state index contributed by atoms with van der Waals surface area (Å²) in [5.74, 6) is -0.205. The monoisotopic (exact) mass is 338 g/mol. The Morgan fingerprint density at radius 3 is 2.64 bits per heavy atom. The quantitative estimate of drug-likeness (QED) is 0.881. The zero-order valence-corrected chi connectivity index (χ0v) is 14.6. The van der Waals surface area contributed by atoms with Gasteiger partial charge in [-0.3, -0.25) is 9.59 Å². The standard InChI is InChI=1S/C20H22N2O3/c1-13(14-9-10-17-15(11-14)12-18(23)22-17)21-19(24)20(2,25-3)16-7-5-4-6-8-16/h4-11,13H,12H2,1-3H3,(H,21,24)(H,22,23)/t13-,20-/m0/s1. The predicted molar refractivity (Wildman–Crippen MR) is 96.1 cm³/mol. The summed E-state index contributed by atoms with van der Waals surface area (Å²) in [5, 5.41) is 5.83. The van der Waals surface area contributed by atoms with E-state index in [-0.39, 0.29) is 17.9 Å². The van der Waals surface area contributed by atoms with Gasteiger partial charge in [0.05, 0.1) is 12.5 Å². The molecule has 2 N–H and O–H groups in total. The van der Waals surface area contributed by atoms with Crippen LogP contribution in [0.25, 0.3) is 0 Å². The van der Waals surface area contributed by atoms with E-state index in [0.717, 1.165) is 22.4 Å². The number of hydrogen-bond donors (Lipinski definition) is 2. The molecule has 2 aromatic rings.